The Kier molecular flexibility index (Phi) is 5.88. The summed E-state index contributed by atoms with van der Waals surface area (Å²) in [5.74, 6) is -1.03. The molecule has 0 aromatic carbocycles. The van der Waals surface area contributed by atoms with Crippen molar-refractivity contribution >= 4 is 33.5 Å². The van der Waals surface area contributed by atoms with E-state index in [0.717, 1.165) is 11.8 Å². The lowest BCUT2D eigenvalue weighted by molar-refractivity contribution is -0.137. The Morgan fingerprint density at radius 3 is 2.40 bits per heavy atom. The Bertz CT molecular complexity index is 474. The summed E-state index contributed by atoms with van der Waals surface area (Å²) < 4.78 is 22.8. The normalized spacial score (nSPS) is 22.7. The van der Waals surface area contributed by atoms with Gasteiger partial charge in [0.25, 0.3) is 0 Å². The van der Waals surface area contributed by atoms with Crippen molar-refractivity contribution in [3.8, 4) is 0 Å². The van der Waals surface area contributed by atoms with Gasteiger partial charge in [-0.2, -0.15) is 0 Å². The van der Waals surface area contributed by atoms with Crippen molar-refractivity contribution in [1.82, 2.24) is 4.90 Å². The van der Waals surface area contributed by atoms with Gasteiger partial charge in [0.05, 0.1) is 17.3 Å². The molecule has 2 atom stereocenters. The lowest BCUT2D eigenvalue weighted by Gasteiger charge is -2.24. The Hall–Kier alpha value is -0.760. The summed E-state index contributed by atoms with van der Waals surface area (Å²) in [6.07, 6.45) is 0.460. The zero-order valence-electron chi connectivity index (χ0n) is 11.9. The van der Waals surface area contributed by atoms with E-state index in [4.69, 9.17) is 5.11 Å². The Balaban J connectivity index is 2.52. The molecule has 0 saturated carbocycles. The van der Waals surface area contributed by atoms with Gasteiger partial charge in [-0.25, -0.2) is 8.42 Å². The van der Waals surface area contributed by atoms with Crippen molar-refractivity contribution in [1.29, 1.82) is 0 Å². The number of carboxylic acid groups (broad SMARTS) is 1. The molecule has 8 heteroatoms. The van der Waals surface area contributed by atoms with E-state index < -0.39 is 21.1 Å². The van der Waals surface area contributed by atoms with Gasteiger partial charge in [0, 0.05) is 13.1 Å². The Labute approximate surface area is 123 Å². The molecule has 0 aromatic heterocycles. The molecule has 1 N–H and O–H groups in total. The van der Waals surface area contributed by atoms with Crippen molar-refractivity contribution in [3.63, 3.8) is 0 Å². The lowest BCUT2D eigenvalue weighted by Crippen LogP contribution is -2.39. The minimum absolute atomic E-state index is 0.00640. The fourth-order valence-corrected chi connectivity index (χ4v) is 4.92. The molecule has 6 nitrogen and oxygen atoms in total. The van der Waals surface area contributed by atoms with Gasteiger partial charge in [0.15, 0.2) is 9.84 Å². The first-order chi connectivity index (χ1) is 9.14. The molecule has 0 radical (unpaired) electrons. The van der Waals surface area contributed by atoms with Crippen LogP contribution in [0.2, 0.25) is 0 Å². The van der Waals surface area contributed by atoms with Crippen LogP contribution >= 0.6 is 11.8 Å². The second kappa shape index (κ2) is 6.80. The maximum Gasteiger partial charge on any atom is 0.316 e. The second-order valence-corrected chi connectivity index (χ2v) is 8.73. The number of amides is 1. The molecule has 1 rings (SSSR count). The van der Waals surface area contributed by atoms with Crippen LogP contribution in [0.5, 0.6) is 0 Å². The highest BCUT2D eigenvalue weighted by molar-refractivity contribution is 8.01. The Morgan fingerprint density at radius 2 is 2.00 bits per heavy atom. The monoisotopic (exact) mass is 323 g/mol. The van der Waals surface area contributed by atoms with E-state index >= 15 is 0 Å². The van der Waals surface area contributed by atoms with E-state index in [0.29, 0.717) is 6.42 Å². The number of sulfone groups is 1. The third-order valence-electron chi connectivity index (χ3n) is 3.38. The predicted molar refractivity (Wildman–Crippen MR) is 78.5 cm³/mol. The van der Waals surface area contributed by atoms with Gasteiger partial charge in [-0.1, -0.05) is 13.8 Å². The van der Waals surface area contributed by atoms with Crippen molar-refractivity contribution < 1.29 is 23.1 Å². The van der Waals surface area contributed by atoms with Crippen molar-refractivity contribution in [2.24, 2.45) is 5.92 Å². The van der Waals surface area contributed by atoms with Crippen LogP contribution in [0.25, 0.3) is 0 Å². The minimum Gasteiger partial charge on any atom is -0.480 e. The van der Waals surface area contributed by atoms with Crippen LogP contribution in [0.15, 0.2) is 0 Å². The first kappa shape index (κ1) is 17.3. The first-order valence-corrected chi connectivity index (χ1v) is 9.31. The average molecular weight is 323 g/mol. The third-order valence-corrected chi connectivity index (χ3v) is 6.65. The molecular formula is C12H21NO5S2. The zero-order chi connectivity index (χ0) is 15.5. The maximum absolute atomic E-state index is 12.0. The molecule has 1 saturated heterocycles. The van der Waals surface area contributed by atoms with Gasteiger partial charge in [-0.3, -0.25) is 9.59 Å². The number of thioether (sulfide) groups is 1. The van der Waals surface area contributed by atoms with Gasteiger partial charge in [0.1, 0.15) is 5.25 Å². The van der Waals surface area contributed by atoms with Crippen LogP contribution in [0, 0.1) is 5.92 Å². The van der Waals surface area contributed by atoms with Gasteiger partial charge >= 0.3 is 5.97 Å². The maximum atomic E-state index is 12.0. The summed E-state index contributed by atoms with van der Waals surface area (Å²) in [4.78, 5) is 24.5. The molecule has 1 aliphatic rings. The number of nitrogens with zero attached hydrogens (tertiary/aromatic N) is 1. The Morgan fingerprint density at radius 1 is 1.40 bits per heavy atom. The highest BCUT2D eigenvalue weighted by atomic mass is 32.2. The van der Waals surface area contributed by atoms with Crippen LogP contribution in [-0.2, 0) is 19.4 Å². The smallest absolute Gasteiger partial charge is 0.316 e. The highest BCUT2D eigenvalue weighted by Crippen LogP contribution is 2.22. The minimum atomic E-state index is -3.03. The van der Waals surface area contributed by atoms with Crippen LogP contribution in [-0.4, -0.2) is 65.9 Å². The van der Waals surface area contributed by atoms with Crippen LogP contribution in [0.3, 0.4) is 0 Å². The summed E-state index contributed by atoms with van der Waals surface area (Å²) in [5, 5.41) is 8.42. The van der Waals surface area contributed by atoms with Gasteiger partial charge in [-0.15, -0.1) is 11.8 Å². The van der Waals surface area contributed by atoms with E-state index in [2.05, 4.69) is 0 Å². The molecule has 0 bridgehead atoms. The molecule has 1 fully saturated rings. The lowest BCUT2D eigenvalue weighted by atomic mass is 10.1. The van der Waals surface area contributed by atoms with E-state index in [1.165, 1.54) is 4.90 Å². The molecule has 0 spiro atoms. The van der Waals surface area contributed by atoms with E-state index in [9.17, 15) is 18.0 Å². The summed E-state index contributed by atoms with van der Waals surface area (Å²) in [6.45, 7) is 3.59. The predicted octanol–water partition coefficient (Wildman–Crippen LogP) is 0.474. The molecule has 116 valence electrons. The SMILES string of the molecule is CC(C)C(SCC(=O)N(C)C1CCS(=O)(=O)C1)C(=O)O. The van der Waals surface area contributed by atoms with E-state index in [1.807, 2.05) is 0 Å². The summed E-state index contributed by atoms with van der Waals surface area (Å²) in [5.41, 5.74) is 0. The van der Waals surface area contributed by atoms with Crippen molar-refractivity contribution in [3.05, 3.63) is 0 Å². The van der Waals surface area contributed by atoms with Crippen LogP contribution in [0.4, 0.5) is 0 Å². The third kappa shape index (κ3) is 4.66. The van der Waals surface area contributed by atoms with E-state index in [1.54, 1.807) is 20.9 Å². The van der Waals surface area contributed by atoms with Crippen LogP contribution < -0.4 is 0 Å². The molecule has 20 heavy (non-hydrogen) atoms. The standard InChI is InChI=1S/C12H21NO5S2/c1-8(2)11(12(15)16)19-6-10(14)13(3)9-4-5-20(17,18)7-9/h8-9,11H,4-7H2,1-3H3,(H,15,16). The van der Waals surface area contributed by atoms with Gasteiger partial charge in [0.2, 0.25) is 5.91 Å². The molecular weight excluding hydrogens is 302 g/mol. The molecule has 1 amide bonds. The number of aliphatic carboxylic acids is 1. The number of hydrogen-bond acceptors (Lipinski definition) is 5. The first-order valence-electron chi connectivity index (χ1n) is 6.44. The van der Waals surface area contributed by atoms with Gasteiger partial charge < -0.3 is 10.0 Å². The van der Waals surface area contributed by atoms with Gasteiger partial charge in [-0.05, 0) is 12.3 Å². The fourth-order valence-electron chi connectivity index (χ4n) is 2.10. The number of carbonyl (C=O) groups is 2. The number of carbonyl (C=O) groups excluding carboxylic acids is 1. The molecule has 1 heterocycles. The zero-order valence-corrected chi connectivity index (χ0v) is 13.5. The quantitative estimate of drug-likeness (QED) is 0.764. The molecule has 2 unspecified atom stereocenters. The number of rotatable bonds is 6. The summed E-state index contributed by atoms with van der Waals surface area (Å²) >= 11 is 1.09. The fraction of sp³-hybridized carbons (Fsp3) is 0.833. The molecule has 0 aromatic rings. The molecule has 0 aliphatic carbocycles. The number of hydrogen-bond donors (Lipinski definition) is 1. The summed E-state index contributed by atoms with van der Waals surface area (Å²) in [6, 6.07) is -0.282. The topological polar surface area (TPSA) is 91.8 Å². The van der Waals surface area contributed by atoms with Crippen LogP contribution in [0.1, 0.15) is 20.3 Å². The average Bonchev–Trinajstić information content (AvgIpc) is 2.67. The second-order valence-electron chi connectivity index (χ2n) is 5.38. The van der Waals surface area contributed by atoms with Crippen molar-refractivity contribution in [2.75, 3.05) is 24.3 Å². The molecule has 1 aliphatic heterocycles. The number of carboxylic acids is 1. The summed E-state index contributed by atoms with van der Waals surface area (Å²) in [7, 11) is -1.44. The highest BCUT2D eigenvalue weighted by Gasteiger charge is 2.33. The van der Waals surface area contributed by atoms with E-state index in [-0.39, 0.29) is 35.1 Å². The largest absolute Gasteiger partial charge is 0.480 e. The van der Waals surface area contributed by atoms with Crippen molar-refractivity contribution in [2.45, 2.75) is 31.6 Å².